The Morgan fingerprint density at radius 2 is 2.15 bits per heavy atom. The zero-order chi connectivity index (χ0) is 14.9. The van der Waals surface area contributed by atoms with E-state index in [-0.39, 0.29) is 16.8 Å². The zero-order valence-corrected chi connectivity index (χ0v) is 12.9. The third kappa shape index (κ3) is 3.08. The van der Waals surface area contributed by atoms with Crippen LogP contribution in [0.3, 0.4) is 0 Å². The van der Waals surface area contributed by atoms with Crippen molar-refractivity contribution in [1.82, 2.24) is 4.98 Å². The van der Waals surface area contributed by atoms with E-state index in [1.165, 1.54) is 6.07 Å². The first-order valence-electron chi connectivity index (χ1n) is 6.03. The minimum Gasteiger partial charge on any atom is -0.377 e. The van der Waals surface area contributed by atoms with Crippen molar-refractivity contribution in [3.8, 4) is 0 Å². The molecule has 1 unspecified atom stereocenters. The van der Waals surface area contributed by atoms with Crippen LogP contribution < -0.4 is 5.32 Å². The Labute approximate surface area is 125 Å². The van der Waals surface area contributed by atoms with Crippen molar-refractivity contribution in [1.29, 1.82) is 0 Å². The lowest BCUT2D eigenvalue weighted by atomic mass is 10.2. The molecule has 0 aliphatic rings. The number of aryl methyl sites for hydroxylation is 2. The molecule has 0 radical (unpaired) electrons. The number of nitrogens with zero attached hydrogens (tertiary/aromatic N) is 2. The number of thiazole rings is 1. The lowest BCUT2D eigenvalue weighted by molar-refractivity contribution is -0.384. The molecular formula is C13H14ClN3O2S. The van der Waals surface area contributed by atoms with Crippen molar-refractivity contribution in [2.24, 2.45) is 0 Å². The van der Waals surface area contributed by atoms with E-state index in [4.69, 9.17) is 11.6 Å². The van der Waals surface area contributed by atoms with Crippen LogP contribution in [0.1, 0.15) is 28.5 Å². The number of rotatable bonds is 4. The first-order valence-corrected chi connectivity index (χ1v) is 7.22. The number of halogens is 1. The number of nitrogens with one attached hydrogen (secondary N) is 1. The number of hydrogen-bond donors (Lipinski definition) is 1. The Kier molecular flexibility index (Phi) is 4.25. The first kappa shape index (κ1) is 14.7. The maximum Gasteiger partial charge on any atom is 0.288 e. The molecule has 0 fully saturated rings. The number of anilines is 1. The molecule has 0 amide bonds. The highest BCUT2D eigenvalue weighted by molar-refractivity contribution is 7.11. The molecule has 0 aliphatic carbocycles. The quantitative estimate of drug-likeness (QED) is 0.667. The van der Waals surface area contributed by atoms with Gasteiger partial charge < -0.3 is 5.32 Å². The second kappa shape index (κ2) is 5.76. The summed E-state index contributed by atoms with van der Waals surface area (Å²) in [6.07, 6.45) is 0. The fourth-order valence-electron chi connectivity index (χ4n) is 2.01. The summed E-state index contributed by atoms with van der Waals surface area (Å²) in [4.78, 5) is 15.9. The van der Waals surface area contributed by atoms with E-state index in [0.717, 1.165) is 21.3 Å². The number of nitro benzene ring substituents is 1. The number of benzene rings is 1. The zero-order valence-electron chi connectivity index (χ0n) is 11.3. The fraction of sp³-hybridized carbons (Fsp3) is 0.308. The lowest BCUT2D eigenvalue weighted by Gasteiger charge is -2.14. The van der Waals surface area contributed by atoms with Gasteiger partial charge in [-0.1, -0.05) is 11.6 Å². The summed E-state index contributed by atoms with van der Waals surface area (Å²) < 4.78 is 0. The molecule has 1 aromatic carbocycles. The van der Waals surface area contributed by atoms with Crippen LogP contribution in [0.15, 0.2) is 18.2 Å². The third-order valence-corrected chi connectivity index (χ3v) is 4.08. The van der Waals surface area contributed by atoms with E-state index < -0.39 is 4.92 Å². The molecule has 1 aromatic heterocycles. The van der Waals surface area contributed by atoms with Crippen LogP contribution in [0, 0.1) is 24.0 Å². The molecule has 1 heterocycles. The van der Waals surface area contributed by atoms with Crippen molar-refractivity contribution < 1.29 is 4.92 Å². The Hall–Kier alpha value is -1.66. The van der Waals surface area contributed by atoms with E-state index in [0.29, 0.717) is 0 Å². The maximum atomic E-state index is 10.7. The van der Waals surface area contributed by atoms with Gasteiger partial charge in [0.2, 0.25) is 0 Å². The van der Waals surface area contributed by atoms with Gasteiger partial charge in [0, 0.05) is 16.6 Å². The van der Waals surface area contributed by atoms with Crippen LogP contribution >= 0.6 is 22.9 Å². The highest BCUT2D eigenvalue weighted by Crippen LogP contribution is 2.30. The largest absolute Gasteiger partial charge is 0.377 e. The van der Waals surface area contributed by atoms with Gasteiger partial charge in [-0.05, 0) is 32.9 Å². The van der Waals surface area contributed by atoms with Gasteiger partial charge in [-0.15, -0.1) is 11.3 Å². The van der Waals surface area contributed by atoms with Crippen LogP contribution in [-0.4, -0.2) is 9.91 Å². The average Bonchev–Trinajstić information content (AvgIpc) is 2.68. The minimum atomic E-state index is -0.497. The van der Waals surface area contributed by atoms with Crippen molar-refractivity contribution in [2.45, 2.75) is 26.8 Å². The molecule has 0 saturated carbocycles. The smallest absolute Gasteiger partial charge is 0.288 e. The van der Waals surface area contributed by atoms with Crippen molar-refractivity contribution in [3.63, 3.8) is 0 Å². The monoisotopic (exact) mass is 311 g/mol. The van der Waals surface area contributed by atoms with Gasteiger partial charge in [0.25, 0.3) is 5.69 Å². The standard InChI is InChI=1S/C13H14ClN3O2S/c1-7(13-8(2)20-9(3)16-13)15-10-4-5-12(17(18)19)11(14)6-10/h4-7,15H,1-3H3. The Bertz CT molecular complexity index is 657. The molecule has 20 heavy (non-hydrogen) atoms. The van der Waals surface area contributed by atoms with Crippen LogP contribution in [0.25, 0.3) is 0 Å². The molecular weight excluding hydrogens is 298 g/mol. The maximum absolute atomic E-state index is 10.7. The van der Waals surface area contributed by atoms with Crippen molar-refractivity contribution in [2.75, 3.05) is 5.32 Å². The van der Waals surface area contributed by atoms with Gasteiger partial charge in [-0.3, -0.25) is 10.1 Å². The summed E-state index contributed by atoms with van der Waals surface area (Å²) in [5, 5.41) is 15.1. The highest BCUT2D eigenvalue weighted by atomic mass is 35.5. The van der Waals surface area contributed by atoms with E-state index in [1.807, 2.05) is 20.8 Å². The average molecular weight is 312 g/mol. The predicted molar refractivity (Wildman–Crippen MR) is 81.7 cm³/mol. The molecule has 1 N–H and O–H groups in total. The van der Waals surface area contributed by atoms with Gasteiger partial charge in [-0.25, -0.2) is 4.98 Å². The van der Waals surface area contributed by atoms with E-state index >= 15 is 0 Å². The molecule has 106 valence electrons. The molecule has 1 atom stereocenters. The third-order valence-electron chi connectivity index (χ3n) is 2.88. The second-order valence-electron chi connectivity index (χ2n) is 4.46. The van der Waals surface area contributed by atoms with E-state index in [2.05, 4.69) is 10.3 Å². The molecule has 0 bridgehead atoms. The Morgan fingerprint density at radius 1 is 1.45 bits per heavy atom. The topological polar surface area (TPSA) is 68.1 Å². The van der Waals surface area contributed by atoms with Gasteiger partial charge in [-0.2, -0.15) is 0 Å². The van der Waals surface area contributed by atoms with E-state index in [9.17, 15) is 10.1 Å². The molecule has 0 saturated heterocycles. The number of hydrogen-bond acceptors (Lipinski definition) is 5. The summed E-state index contributed by atoms with van der Waals surface area (Å²) in [5.41, 5.74) is 1.63. The minimum absolute atomic E-state index is 0.0115. The molecule has 7 heteroatoms. The summed E-state index contributed by atoms with van der Waals surface area (Å²) in [5.74, 6) is 0. The number of nitro groups is 1. The molecule has 5 nitrogen and oxygen atoms in total. The predicted octanol–water partition coefficient (Wildman–Crippen LogP) is 4.49. The van der Waals surface area contributed by atoms with Crippen LogP contribution in [0.5, 0.6) is 0 Å². The van der Waals surface area contributed by atoms with Crippen LogP contribution in [0.2, 0.25) is 5.02 Å². The van der Waals surface area contributed by atoms with Crippen LogP contribution in [0.4, 0.5) is 11.4 Å². The fourth-order valence-corrected chi connectivity index (χ4v) is 3.17. The first-order chi connectivity index (χ1) is 9.38. The van der Waals surface area contributed by atoms with Gasteiger partial charge >= 0.3 is 0 Å². The lowest BCUT2D eigenvalue weighted by Crippen LogP contribution is -2.08. The second-order valence-corrected chi connectivity index (χ2v) is 6.28. The Morgan fingerprint density at radius 3 is 2.65 bits per heavy atom. The molecule has 2 rings (SSSR count). The number of aromatic nitrogens is 1. The van der Waals surface area contributed by atoms with Crippen molar-refractivity contribution >= 4 is 34.3 Å². The molecule has 0 spiro atoms. The Balaban J connectivity index is 2.20. The van der Waals surface area contributed by atoms with Crippen LogP contribution in [-0.2, 0) is 0 Å². The normalized spacial score (nSPS) is 12.2. The van der Waals surface area contributed by atoms with E-state index in [1.54, 1.807) is 23.5 Å². The van der Waals surface area contributed by atoms with Gasteiger partial charge in [0.15, 0.2) is 0 Å². The van der Waals surface area contributed by atoms with Gasteiger partial charge in [0.1, 0.15) is 5.02 Å². The summed E-state index contributed by atoms with van der Waals surface area (Å²) in [6, 6.07) is 4.62. The summed E-state index contributed by atoms with van der Waals surface area (Å²) >= 11 is 7.55. The van der Waals surface area contributed by atoms with Crippen molar-refractivity contribution in [3.05, 3.63) is 48.9 Å². The SMILES string of the molecule is Cc1nc(C(C)Nc2ccc([N+](=O)[O-])c(Cl)c2)c(C)s1. The highest BCUT2D eigenvalue weighted by Gasteiger charge is 2.16. The summed E-state index contributed by atoms with van der Waals surface area (Å²) in [7, 11) is 0. The van der Waals surface area contributed by atoms with Gasteiger partial charge in [0.05, 0.1) is 21.7 Å². The summed E-state index contributed by atoms with van der Waals surface area (Å²) in [6.45, 7) is 5.99. The molecule has 2 aromatic rings. The molecule has 0 aliphatic heterocycles.